The number of rotatable bonds is 3. The molecule has 3 aliphatic rings. The van der Waals surface area contributed by atoms with Crippen LogP contribution in [0.5, 0.6) is 0 Å². The zero-order chi connectivity index (χ0) is 22.7. The average molecular weight is 530 g/mol. The Hall–Kier alpha value is -1.46. The Labute approximate surface area is 193 Å². The lowest BCUT2D eigenvalue weighted by Gasteiger charge is -2.52. The quantitative estimate of drug-likeness (QED) is 0.623. The minimum absolute atomic E-state index is 0.0834. The smallest absolute Gasteiger partial charge is 0.257 e. The van der Waals surface area contributed by atoms with Gasteiger partial charge in [-0.05, 0) is 67.1 Å². The predicted octanol–water partition coefficient (Wildman–Crippen LogP) is 4.27. The molecule has 0 saturated carbocycles. The molecular weight excluding hydrogens is 507 g/mol. The fraction of sp³-hybridized carbons (Fsp3) is 0.455. The van der Waals surface area contributed by atoms with Gasteiger partial charge in [-0.1, -0.05) is 28.1 Å². The van der Waals surface area contributed by atoms with Gasteiger partial charge in [-0.25, -0.2) is 8.42 Å². The number of nitrogens with one attached hydrogen (secondary N) is 2. The molecule has 0 aliphatic carbocycles. The third-order valence-electron chi connectivity index (χ3n) is 7.03. The summed E-state index contributed by atoms with van der Waals surface area (Å²) in [6, 6.07) is 11.7. The maximum absolute atomic E-state index is 13.6. The number of hydrogen-bond acceptors (Lipinski definition) is 4. The predicted molar refractivity (Wildman–Crippen MR) is 117 cm³/mol. The van der Waals surface area contributed by atoms with Crippen LogP contribution in [-0.4, -0.2) is 37.4 Å². The molecule has 5 nitrogen and oxygen atoms in total. The lowest BCUT2D eigenvalue weighted by Crippen LogP contribution is -2.62. The fourth-order valence-electron chi connectivity index (χ4n) is 5.57. The number of benzene rings is 2. The van der Waals surface area contributed by atoms with Gasteiger partial charge in [0.05, 0.1) is 10.5 Å². The molecule has 10 heteroatoms. The Kier molecular flexibility index (Phi) is 5.65. The van der Waals surface area contributed by atoms with E-state index in [1.165, 1.54) is 5.56 Å². The van der Waals surface area contributed by atoms with Crippen molar-refractivity contribution in [2.24, 2.45) is 5.92 Å². The van der Waals surface area contributed by atoms with Gasteiger partial charge in [0.2, 0.25) is 10.0 Å². The molecule has 2 aromatic carbocycles. The van der Waals surface area contributed by atoms with Crippen LogP contribution in [0.15, 0.2) is 57.9 Å². The molecular formula is C22H23BrF3N3O2S. The molecule has 3 aliphatic heterocycles. The van der Waals surface area contributed by atoms with Crippen molar-refractivity contribution in [3.63, 3.8) is 0 Å². The zero-order valence-electron chi connectivity index (χ0n) is 17.0. The van der Waals surface area contributed by atoms with Gasteiger partial charge in [0.15, 0.2) is 0 Å². The molecule has 5 atom stereocenters. The van der Waals surface area contributed by atoms with E-state index >= 15 is 0 Å². The lowest BCUT2D eigenvalue weighted by atomic mass is 9.71. The molecule has 0 radical (unpaired) electrons. The SMILES string of the molecule is O=S(=O)(c1ccc(C(F)(F)F)cc1)N1C2CC(c3ccc(Br)cc3)CC1C1CNNC1C2. The van der Waals surface area contributed by atoms with Crippen LogP contribution < -0.4 is 10.9 Å². The summed E-state index contributed by atoms with van der Waals surface area (Å²) in [5.74, 6) is 0.340. The monoisotopic (exact) mass is 529 g/mol. The Morgan fingerprint density at radius 1 is 0.969 bits per heavy atom. The highest BCUT2D eigenvalue weighted by molar-refractivity contribution is 9.10. The van der Waals surface area contributed by atoms with Gasteiger partial charge in [-0.3, -0.25) is 10.9 Å². The summed E-state index contributed by atoms with van der Waals surface area (Å²) in [6.45, 7) is 0.661. The second-order valence-corrected chi connectivity index (χ2v) is 11.6. The van der Waals surface area contributed by atoms with Crippen molar-refractivity contribution in [3.8, 4) is 0 Å². The second kappa shape index (κ2) is 8.09. The van der Waals surface area contributed by atoms with Gasteiger partial charge in [0.1, 0.15) is 0 Å². The highest BCUT2D eigenvalue weighted by atomic mass is 79.9. The Bertz CT molecular complexity index is 1090. The van der Waals surface area contributed by atoms with Crippen molar-refractivity contribution >= 4 is 26.0 Å². The first-order valence-electron chi connectivity index (χ1n) is 10.6. The molecule has 5 rings (SSSR count). The summed E-state index contributed by atoms with van der Waals surface area (Å²) in [5.41, 5.74) is 6.79. The van der Waals surface area contributed by atoms with Gasteiger partial charge in [0, 0.05) is 35.1 Å². The minimum atomic E-state index is -4.50. The Morgan fingerprint density at radius 2 is 1.66 bits per heavy atom. The summed E-state index contributed by atoms with van der Waals surface area (Å²) in [7, 11) is -3.93. The van der Waals surface area contributed by atoms with Crippen LogP contribution in [0, 0.1) is 5.92 Å². The van der Waals surface area contributed by atoms with Gasteiger partial charge < -0.3 is 0 Å². The lowest BCUT2D eigenvalue weighted by molar-refractivity contribution is -0.137. The van der Waals surface area contributed by atoms with Crippen LogP contribution in [0.1, 0.15) is 36.3 Å². The van der Waals surface area contributed by atoms with Gasteiger partial charge in [-0.15, -0.1) is 0 Å². The molecule has 3 fully saturated rings. The highest BCUT2D eigenvalue weighted by Crippen LogP contribution is 2.47. The summed E-state index contributed by atoms with van der Waals surface area (Å²) < 4.78 is 68.7. The summed E-state index contributed by atoms with van der Waals surface area (Å²) in [6.07, 6.45) is -2.47. The van der Waals surface area contributed by atoms with E-state index in [9.17, 15) is 21.6 Å². The molecule has 0 amide bonds. The third-order valence-corrected chi connectivity index (χ3v) is 9.55. The maximum Gasteiger partial charge on any atom is 0.416 e. The number of halogens is 4. The molecule has 32 heavy (non-hydrogen) atoms. The Morgan fingerprint density at radius 3 is 2.31 bits per heavy atom. The van der Waals surface area contributed by atoms with Crippen molar-refractivity contribution in [3.05, 3.63) is 64.1 Å². The van der Waals surface area contributed by atoms with Crippen LogP contribution >= 0.6 is 15.9 Å². The summed E-state index contributed by atoms with van der Waals surface area (Å²) in [5, 5.41) is 0. The largest absolute Gasteiger partial charge is 0.416 e. The summed E-state index contributed by atoms with van der Waals surface area (Å²) in [4.78, 5) is -0.0834. The molecule has 5 unspecified atom stereocenters. The number of sulfonamides is 1. The molecule has 2 bridgehead atoms. The van der Waals surface area contributed by atoms with Crippen molar-refractivity contribution in [1.29, 1.82) is 0 Å². The van der Waals surface area contributed by atoms with Gasteiger partial charge in [-0.2, -0.15) is 17.5 Å². The minimum Gasteiger partial charge on any atom is -0.257 e. The van der Waals surface area contributed by atoms with E-state index in [0.717, 1.165) is 28.7 Å². The third kappa shape index (κ3) is 3.90. The first-order valence-corrected chi connectivity index (χ1v) is 12.8. The molecule has 3 heterocycles. The van der Waals surface area contributed by atoms with Crippen LogP contribution in [0.2, 0.25) is 0 Å². The van der Waals surface area contributed by atoms with Gasteiger partial charge >= 0.3 is 6.18 Å². The molecule has 3 saturated heterocycles. The first kappa shape index (κ1) is 22.3. The highest BCUT2D eigenvalue weighted by Gasteiger charge is 2.53. The molecule has 172 valence electrons. The topological polar surface area (TPSA) is 61.4 Å². The summed E-state index contributed by atoms with van der Waals surface area (Å²) >= 11 is 3.46. The molecule has 0 aromatic heterocycles. The van der Waals surface area contributed by atoms with Crippen LogP contribution in [-0.2, 0) is 16.2 Å². The number of fused-ring (bicyclic) bond motifs is 4. The number of hydrazine groups is 1. The second-order valence-electron chi connectivity index (χ2n) is 8.83. The Balaban J connectivity index is 1.48. The molecule has 2 N–H and O–H groups in total. The number of alkyl halides is 3. The number of piperidine rings is 2. The van der Waals surface area contributed by atoms with E-state index in [1.807, 2.05) is 12.1 Å². The van der Waals surface area contributed by atoms with Crippen LogP contribution in [0.4, 0.5) is 13.2 Å². The van der Waals surface area contributed by atoms with E-state index < -0.39 is 21.8 Å². The van der Waals surface area contributed by atoms with Crippen molar-refractivity contribution in [2.75, 3.05) is 6.54 Å². The number of nitrogens with zero attached hydrogens (tertiary/aromatic N) is 1. The van der Waals surface area contributed by atoms with E-state index in [0.29, 0.717) is 25.8 Å². The van der Waals surface area contributed by atoms with Crippen LogP contribution in [0.3, 0.4) is 0 Å². The van der Waals surface area contributed by atoms with E-state index in [2.05, 4.69) is 38.9 Å². The fourth-order valence-corrected chi connectivity index (χ4v) is 7.72. The molecule has 2 aromatic rings. The van der Waals surface area contributed by atoms with Gasteiger partial charge in [0.25, 0.3) is 0 Å². The number of hydrogen-bond donors (Lipinski definition) is 2. The zero-order valence-corrected chi connectivity index (χ0v) is 19.4. The van der Waals surface area contributed by atoms with Crippen LogP contribution in [0.25, 0.3) is 0 Å². The normalized spacial score (nSPS) is 30.8. The van der Waals surface area contributed by atoms with E-state index in [4.69, 9.17) is 0 Å². The van der Waals surface area contributed by atoms with E-state index in [1.54, 1.807) is 4.31 Å². The van der Waals surface area contributed by atoms with Crippen molar-refractivity contribution in [2.45, 2.75) is 54.4 Å². The van der Waals surface area contributed by atoms with E-state index in [-0.39, 0.29) is 34.9 Å². The van der Waals surface area contributed by atoms with Crippen molar-refractivity contribution < 1.29 is 21.6 Å². The standard InChI is InChI=1S/C22H23BrF3N3O2S/c23-16-5-1-13(2-6-16)14-9-17-11-20-19(12-27-28-20)21(10-14)29(17)32(30,31)18-7-3-15(4-8-18)22(24,25)26/h1-8,14,17,19-21,27-28H,9-12H2. The first-order chi connectivity index (χ1) is 15.1. The molecule has 0 spiro atoms. The average Bonchev–Trinajstić information content (AvgIpc) is 3.21. The van der Waals surface area contributed by atoms with Crippen molar-refractivity contribution in [1.82, 2.24) is 15.2 Å². The maximum atomic E-state index is 13.6.